The van der Waals surface area contributed by atoms with E-state index in [2.05, 4.69) is 10.6 Å². The Morgan fingerprint density at radius 1 is 1.17 bits per heavy atom. The fourth-order valence-electron chi connectivity index (χ4n) is 1.85. The molecule has 23 heavy (non-hydrogen) atoms. The highest BCUT2D eigenvalue weighted by molar-refractivity contribution is 5.79. The average Bonchev–Trinajstić information content (AvgIpc) is 2.52. The molecule has 1 aromatic rings. The quantitative estimate of drug-likeness (QED) is 0.507. The van der Waals surface area contributed by atoms with Gasteiger partial charge >= 0.3 is 18.1 Å². The van der Waals surface area contributed by atoms with E-state index < -0.39 is 24.1 Å². The number of carbonyl (C=O) groups excluding carboxylic acids is 2. The number of primary amides is 1. The molecule has 0 radical (unpaired) electrons. The van der Waals surface area contributed by atoms with Gasteiger partial charge in [0, 0.05) is 6.54 Å². The number of carboxylic acid groups (broad SMARTS) is 1. The summed E-state index contributed by atoms with van der Waals surface area (Å²) in [5.74, 6) is -1.13. The van der Waals surface area contributed by atoms with Crippen LogP contribution in [-0.2, 0) is 16.1 Å². The molecular formula is C15H21N3O5. The highest BCUT2D eigenvalue weighted by Crippen LogP contribution is 2.04. The SMILES string of the molecule is NC(=O)NCCCCC(NC(=O)OCc1ccccc1)C(=O)O. The number of nitrogens with two attached hydrogens (primary N) is 1. The van der Waals surface area contributed by atoms with Gasteiger partial charge in [0.1, 0.15) is 12.6 Å². The van der Waals surface area contributed by atoms with Crippen molar-refractivity contribution < 1.29 is 24.2 Å². The van der Waals surface area contributed by atoms with Gasteiger partial charge in [0.15, 0.2) is 0 Å². The molecule has 1 aromatic carbocycles. The standard InChI is InChI=1S/C15H21N3O5/c16-14(21)17-9-5-4-8-12(13(19)20)18-15(22)23-10-11-6-2-1-3-7-11/h1-3,6-7,12H,4-5,8-10H2,(H,18,22)(H,19,20)(H3,16,17,21). The van der Waals surface area contributed by atoms with Crippen LogP contribution in [0, 0.1) is 0 Å². The molecule has 0 heterocycles. The van der Waals surface area contributed by atoms with E-state index in [4.69, 9.17) is 15.6 Å². The summed E-state index contributed by atoms with van der Waals surface area (Å²) in [5, 5.41) is 13.8. The summed E-state index contributed by atoms with van der Waals surface area (Å²) in [4.78, 5) is 33.2. The fraction of sp³-hybridized carbons (Fsp3) is 0.400. The number of nitrogens with one attached hydrogen (secondary N) is 2. The number of alkyl carbamates (subject to hydrolysis) is 1. The monoisotopic (exact) mass is 323 g/mol. The van der Waals surface area contributed by atoms with Crippen molar-refractivity contribution in [1.82, 2.24) is 10.6 Å². The molecule has 0 aliphatic heterocycles. The number of benzene rings is 1. The summed E-state index contributed by atoms with van der Waals surface area (Å²) in [6.07, 6.45) is 0.524. The summed E-state index contributed by atoms with van der Waals surface area (Å²) < 4.78 is 4.98. The smallest absolute Gasteiger partial charge is 0.408 e. The third-order valence-electron chi connectivity index (χ3n) is 3.02. The fourth-order valence-corrected chi connectivity index (χ4v) is 1.85. The maximum atomic E-state index is 11.6. The molecule has 0 aromatic heterocycles. The van der Waals surface area contributed by atoms with E-state index in [1.807, 2.05) is 18.2 Å². The first-order valence-corrected chi connectivity index (χ1v) is 7.22. The highest BCUT2D eigenvalue weighted by atomic mass is 16.5. The van der Waals surface area contributed by atoms with Crippen LogP contribution in [0.15, 0.2) is 30.3 Å². The summed E-state index contributed by atoms with van der Waals surface area (Å²) >= 11 is 0. The van der Waals surface area contributed by atoms with Crippen molar-refractivity contribution in [3.8, 4) is 0 Å². The van der Waals surface area contributed by atoms with Gasteiger partial charge in [-0.25, -0.2) is 14.4 Å². The van der Waals surface area contributed by atoms with Crippen LogP contribution in [0.2, 0.25) is 0 Å². The third kappa shape index (κ3) is 8.30. The van der Waals surface area contributed by atoms with Gasteiger partial charge in [-0.1, -0.05) is 30.3 Å². The molecule has 1 atom stereocenters. The van der Waals surface area contributed by atoms with Crippen LogP contribution < -0.4 is 16.4 Å². The molecule has 8 heteroatoms. The molecule has 1 unspecified atom stereocenters. The molecular weight excluding hydrogens is 302 g/mol. The average molecular weight is 323 g/mol. The van der Waals surface area contributed by atoms with Gasteiger partial charge in [-0.15, -0.1) is 0 Å². The molecule has 1 rings (SSSR count). The van der Waals surface area contributed by atoms with Crippen LogP contribution in [-0.4, -0.2) is 35.8 Å². The van der Waals surface area contributed by atoms with Crippen LogP contribution >= 0.6 is 0 Å². The second-order valence-corrected chi connectivity index (χ2v) is 4.88. The van der Waals surface area contributed by atoms with Gasteiger partial charge in [0.05, 0.1) is 0 Å². The zero-order chi connectivity index (χ0) is 17.1. The van der Waals surface area contributed by atoms with Crippen LogP contribution in [0.1, 0.15) is 24.8 Å². The van der Waals surface area contributed by atoms with Crippen LogP contribution in [0.3, 0.4) is 0 Å². The minimum Gasteiger partial charge on any atom is -0.480 e. The van der Waals surface area contributed by atoms with Crippen LogP contribution in [0.4, 0.5) is 9.59 Å². The Bertz CT molecular complexity index is 521. The second-order valence-electron chi connectivity index (χ2n) is 4.88. The van der Waals surface area contributed by atoms with E-state index in [1.54, 1.807) is 12.1 Å². The summed E-state index contributed by atoms with van der Waals surface area (Å²) in [6, 6.07) is 7.42. The zero-order valence-corrected chi connectivity index (χ0v) is 12.7. The van der Waals surface area contributed by atoms with Gasteiger partial charge in [-0.3, -0.25) is 0 Å². The van der Waals surface area contributed by atoms with E-state index in [1.165, 1.54) is 0 Å². The number of carbonyl (C=O) groups is 3. The molecule has 0 saturated heterocycles. The molecule has 0 saturated carbocycles. The normalized spacial score (nSPS) is 11.3. The Labute approximate surface area is 134 Å². The van der Waals surface area contributed by atoms with Crippen molar-refractivity contribution >= 4 is 18.1 Å². The lowest BCUT2D eigenvalue weighted by Gasteiger charge is -2.14. The summed E-state index contributed by atoms with van der Waals surface area (Å²) in [5.41, 5.74) is 5.72. The van der Waals surface area contributed by atoms with Gasteiger partial charge in [-0.2, -0.15) is 0 Å². The lowest BCUT2D eigenvalue weighted by Crippen LogP contribution is -2.41. The molecule has 0 bridgehead atoms. The van der Waals surface area contributed by atoms with Gasteiger partial charge in [-0.05, 0) is 24.8 Å². The molecule has 126 valence electrons. The van der Waals surface area contributed by atoms with Crippen molar-refractivity contribution in [2.75, 3.05) is 6.54 Å². The number of urea groups is 1. The van der Waals surface area contributed by atoms with Crippen molar-refractivity contribution in [2.24, 2.45) is 5.73 Å². The van der Waals surface area contributed by atoms with E-state index >= 15 is 0 Å². The van der Waals surface area contributed by atoms with Crippen molar-refractivity contribution in [3.63, 3.8) is 0 Å². The number of hydrogen-bond donors (Lipinski definition) is 4. The molecule has 0 fully saturated rings. The maximum absolute atomic E-state index is 11.6. The highest BCUT2D eigenvalue weighted by Gasteiger charge is 2.20. The lowest BCUT2D eigenvalue weighted by atomic mass is 10.1. The van der Waals surface area contributed by atoms with Gasteiger partial charge in [0.2, 0.25) is 0 Å². The number of carboxylic acids is 1. The molecule has 0 aliphatic rings. The van der Waals surface area contributed by atoms with E-state index in [9.17, 15) is 14.4 Å². The van der Waals surface area contributed by atoms with Gasteiger partial charge < -0.3 is 26.2 Å². The minimum absolute atomic E-state index is 0.0710. The summed E-state index contributed by atoms with van der Waals surface area (Å²) in [7, 11) is 0. The first-order chi connectivity index (χ1) is 11.0. The first-order valence-electron chi connectivity index (χ1n) is 7.22. The minimum atomic E-state index is -1.13. The molecule has 0 aliphatic carbocycles. The number of ether oxygens (including phenoxy) is 1. The number of rotatable bonds is 9. The molecule has 3 amide bonds. The number of amides is 3. The first kappa shape index (κ1) is 18.3. The van der Waals surface area contributed by atoms with E-state index in [0.717, 1.165) is 5.56 Å². The number of hydrogen-bond acceptors (Lipinski definition) is 4. The predicted octanol–water partition coefficient (Wildman–Crippen LogP) is 1.20. The topological polar surface area (TPSA) is 131 Å². The zero-order valence-electron chi connectivity index (χ0n) is 12.7. The maximum Gasteiger partial charge on any atom is 0.408 e. The van der Waals surface area contributed by atoms with Crippen LogP contribution in [0.5, 0.6) is 0 Å². The Kier molecular flexibility index (Phi) is 7.98. The molecule has 0 spiro atoms. The Morgan fingerprint density at radius 3 is 2.48 bits per heavy atom. The third-order valence-corrected chi connectivity index (χ3v) is 3.02. The molecule has 8 nitrogen and oxygen atoms in total. The largest absolute Gasteiger partial charge is 0.480 e. The van der Waals surface area contributed by atoms with Crippen molar-refractivity contribution in [2.45, 2.75) is 31.9 Å². The van der Waals surface area contributed by atoms with Crippen molar-refractivity contribution in [1.29, 1.82) is 0 Å². The number of aliphatic carboxylic acids is 1. The van der Waals surface area contributed by atoms with E-state index in [0.29, 0.717) is 19.4 Å². The van der Waals surface area contributed by atoms with Crippen LogP contribution in [0.25, 0.3) is 0 Å². The van der Waals surface area contributed by atoms with Crippen molar-refractivity contribution in [3.05, 3.63) is 35.9 Å². The predicted molar refractivity (Wildman–Crippen MR) is 82.6 cm³/mol. The Morgan fingerprint density at radius 2 is 1.87 bits per heavy atom. The molecule has 5 N–H and O–H groups in total. The Hall–Kier alpha value is -2.77. The van der Waals surface area contributed by atoms with Gasteiger partial charge in [0.25, 0.3) is 0 Å². The Balaban J connectivity index is 2.29. The van der Waals surface area contributed by atoms with E-state index in [-0.39, 0.29) is 13.0 Å². The number of unbranched alkanes of at least 4 members (excludes halogenated alkanes) is 1. The second kappa shape index (κ2) is 10.0. The lowest BCUT2D eigenvalue weighted by molar-refractivity contribution is -0.139. The summed E-state index contributed by atoms with van der Waals surface area (Å²) in [6.45, 7) is 0.432.